The molecule has 0 spiro atoms. The van der Waals surface area contributed by atoms with Crippen molar-refractivity contribution in [1.29, 1.82) is 0 Å². The van der Waals surface area contributed by atoms with Gasteiger partial charge in [-0.1, -0.05) is 36.4 Å². The molecule has 0 saturated heterocycles. The Bertz CT molecular complexity index is 975. The zero-order valence-corrected chi connectivity index (χ0v) is 12.8. The smallest absolute Gasteiger partial charge is 0.126 e. The summed E-state index contributed by atoms with van der Waals surface area (Å²) >= 11 is 0. The first-order valence-corrected chi connectivity index (χ1v) is 7.57. The number of pyridine rings is 1. The molecule has 0 aliphatic heterocycles. The van der Waals surface area contributed by atoms with Crippen molar-refractivity contribution < 1.29 is 4.74 Å². The first-order valence-electron chi connectivity index (χ1n) is 7.57. The minimum absolute atomic E-state index is 0.672. The Kier molecular flexibility index (Phi) is 3.35. The highest BCUT2D eigenvalue weighted by Gasteiger charge is 2.06. The van der Waals surface area contributed by atoms with Gasteiger partial charge in [-0.25, -0.2) is 4.98 Å². The fourth-order valence-electron chi connectivity index (χ4n) is 2.88. The third-order valence-corrected chi connectivity index (χ3v) is 4.04. The molecule has 0 atom stereocenters. The van der Waals surface area contributed by atoms with E-state index in [-0.39, 0.29) is 0 Å². The van der Waals surface area contributed by atoms with Gasteiger partial charge in [-0.3, -0.25) is 0 Å². The SMILES string of the molecule is COc1ccccc1CNc1cc2c(cn1)[nH]c1ccccc12. The lowest BCUT2D eigenvalue weighted by atomic mass is 10.2. The van der Waals surface area contributed by atoms with Crippen LogP contribution in [0.3, 0.4) is 0 Å². The van der Waals surface area contributed by atoms with Crippen LogP contribution in [0.2, 0.25) is 0 Å². The highest BCUT2D eigenvalue weighted by atomic mass is 16.5. The summed E-state index contributed by atoms with van der Waals surface area (Å²) in [6, 6.07) is 18.4. The lowest BCUT2D eigenvalue weighted by molar-refractivity contribution is 0.410. The number of rotatable bonds is 4. The predicted octanol–water partition coefficient (Wildman–Crippen LogP) is 4.34. The van der Waals surface area contributed by atoms with Gasteiger partial charge in [0.2, 0.25) is 0 Å². The first kappa shape index (κ1) is 13.6. The monoisotopic (exact) mass is 303 g/mol. The van der Waals surface area contributed by atoms with Gasteiger partial charge in [0.25, 0.3) is 0 Å². The Hall–Kier alpha value is -3.01. The van der Waals surface area contributed by atoms with Crippen LogP contribution in [0, 0.1) is 0 Å². The van der Waals surface area contributed by atoms with E-state index in [1.165, 1.54) is 10.8 Å². The van der Waals surface area contributed by atoms with E-state index in [0.29, 0.717) is 6.54 Å². The molecule has 0 saturated carbocycles. The van der Waals surface area contributed by atoms with Crippen molar-refractivity contribution in [3.05, 3.63) is 66.4 Å². The van der Waals surface area contributed by atoms with Gasteiger partial charge < -0.3 is 15.0 Å². The van der Waals surface area contributed by atoms with Crippen molar-refractivity contribution in [2.75, 3.05) is 12.4 Å². The van der Waals surface area contributed by atoms with Crippen LogP contribution in [-0.2, 0) is 6.54 Å². The summed E-state index contributed by atoms with van der Waals surface area (Å²) in [7, 11) is 1.69. The van der Waals surface area contributed by atoms with Crippen LogP contribution in [0.1, 0.15) is 5.56 Å². The van der Waals surface area contributed by atoms with E-state index in [2.05, 4.69) is 45.6 Å². The fraction of sp³-hybridized carbons (Fsp3) is 0.105. The topological polar surface area (TPSA) is 49.9 Å². The molecular formula is C19H17N3O. The van der Waals surface area contributed by atoms with Gasteiger partial charge in [0, 0.05) is 28.4 Å². The minimum Gasteiger partial charge on any atom is -0.496 e. The molecule has 0 amide bonds. The highest BCUT2D eigenvalue weighted by molar-refractivity contribution is 6.07. The number of fused-ring (bicyclic) bond motifs is 3. The molecule has 2 heterocycles. The number of para-hydroxylation sites is 2. The molecule has 23 heavy (non-hydrogen) atoms. The second-order valence-electron chi connectivity index (χ2n) is 5.45. The number of benzene rings is 2. The molecule has 4 rings (SSSR count). The van der Waals surface area contributed by atoms with Crippen LogP contribution in [-0.4, -0.2) is 17.1 Å². The van der Waals surface area contributed by atoms with Crippen LogP contribution in [0.5, 0.6) is 5.75 Å². The lowest BCUT2D eigenvalue weighted by Crippen LogP contribution is -2.02. The summed E-state index contributed by atoms with van der Waals surface area (Å²) in [4.78, 5) is 7.88. The average molecular weight is 303 g/mol. The molecular weight excluding hydrogens is 286 g/mol. The second kappa shape index (κ2) is 5.65. The zero-order valence-electron chi connectivity index (χ0n) is 12.8. The van der Waals surface area contributed by atoms with Crippen LogP contribution in [0.4, 0.5) is 5.82 Å². The largest absolute Gasteiger partial charge is 0.496 e. The van der Waals surface area contributed by atoms with E-state index in [4.69, 9.17) is 4.74 Å². The summed E-state index contributed by atoms with van der Waals surface area (Å²) < 4.78 is 5.38. The van der Waals surface area contributed by atoms with E-state index in [1.807, 2.05) is 30.5 Å². The van der Waals surface area contributed by atoms with Crippen molar-refractivity contribution in [2.45, 2.75) is 6.54 Å². The molecule has 4 aromatic rings. The second-order valence-corrected chi connectivity index (χ2v) is 5.45. The molecule has 0 aliphatic rings. The molecule has 0 radical (unpaired) electrons. The molecule has 0 unspecified atom stereocenters. The third kappa shape index (κ3) is 2.48. The summed E-state index contributed by atoms with van der Waals surface area (Å²) in [5.74, 6) is 1.74. The van der Waals surface area contributed by atoms with Crippen LogP contribution in [0.15, 0.2) is 60.8 Å². The van der Waals surface area contributed by atoms with Gasteiger partial charge in [-0.2, -0.15) is 0 Å². The van der Waals surface area contributed by atoms with Crippen LogP contribution < -0.4 is 10.1 Å². The van der Waals surface area contributed by atoms with Gasteiger partial charge in [0.05, 0.1) is 18.8 Å². The Balaban J connectivity index is 1.65. The number of aromatic amines is 1. The number of methoxy groups -OCH3 is 1. The van der Waals surface area contributed by atoms with Crippen LogP contribution in [0.25, 0.3) is 21.8 Å². The molecule has 2 N–H and O–H groups in total. The maximum atomic E-state index is 5.38. The number of H-pyrrole nitrogens is 1. The van der Waals surface area contributed by atoms with Crippen molar-refractivity contribution in [2.24, 2.45) is 0 Å². The predicted molar refractivity (Wildman–Crippen MR) is 93.9 cm³/mol. The van der Waals surface area contributed by atoms with Gasteiger partial charge in [0.1, 0.15) is 11.6 Å². The van der Waals surface area contributed by atoms with Crippen molar-refractivity contribution in [1.82, 2.24) is 9.97 Å². The Morgan fingerprint density at radius 1 is 1.00 bits per heavy atom. The molecule has 114 valence electrons. The summed E-state index contributed by atoms with van der Waals surface area (Å²) in [5, 5.41) is 5.77. The summed E-state index contributed by atoms with van der Waals surface area (Å²) in [5.41, 5.74) is 3.29. The number of aromatic nitrogens is 2. The number of ether oxygens (including phenoxy) is 1. The van der Waals surface area contributed by atoms with Gasteiger partial charge in [-0.05, 0) is 18.2 Å². The number of nitrogens with zero attached hydrogens (tertiary/aromatic N) is 1. The number of nitrogens with one attached hydrogen (secondary N) is 2. The Labute approximate surface area is 134 Å². The van der Waals surface area contributed by atoms with E-state index in [0.717, 1.165) is 28.2 Å². The van der Waals surface area contributed by atoms with E-state index in [1.54, 1.807) is 7.11 Å². The normalized spacial score (nSPS) is 11.0. The Morgan fingerprint density at radius 3 is 2.74 bits per heavy atom. The number of anilines is 1. The molecule has 4 heteroatoms. The van der Waals surface area contributed by atoms with E-state index >= 15 is 0 Å². The van der Waals surface area contributed by atoms with Gasteiger partial charge >= 0.3 is 0 Å². The third-order valence-electron chi connectivity index (χ3n) is 4.04. The summed E-state index contributed by atoms with van der Waals surface area (Å²) in [6.45, 7) is 0.672. The molecule has 0 fully saturated rings. The van der Waals surface area contributed by atoms with Crippen molar-refractivity contribution >= 4 is 27.6 Å². The first-order chi connectivity index (χ1) is 11.3. The molecule has 2 aromatic heterocycles. The molecule has 2 aromatic carbocycles. The van der Waals surface area contributed by atoms with E-state index < -0.39 is 0 Å². The maximum absolute atomic E-state index is 5.38. The van der Waals surface area contributed by atoms with E-state index in [9.17, 15) is 0 Å². The Morgan fingerprint density at radius 2 is 1.83 bits per heavy atom. The maximum Gasteiger partial charge on any atom is 0.126 e. The average Bonchev–Trinajstić information content (AvgIpc) is 2.98. The molecule has 0 aliphatic carbocycles. The quantitative estimate of drug-likeness (QED) is 0.590. The molecule has 4 nitrogen and oxygen atoms in total. The molecule has 0 bridgehead atoms. The minimum atomic E-state index is 0.672. The number of hydrogen-bond donors (Lipinski definition) is 2. The van der Waals surface area contributed by atoms with Crippen molar-refractivity contribution in [3.8, 4) is 5.75 Å². The van der Waals surface area contributed by atoms with Gasteiger partial charge in [-0.15, -0.1) is 0 Å². The van der Waals surface area contributed by atoms with Crippen LogP contribution >= 0.6 is 0 Å². The summed E-state index contributed by atoms with van der Waals surface area (Å²) in [6.07, 6.45) is 1.87. The van der Waals surface area contributed by atoms with Gasteiger partial charge in [0.15, 0.2) is 0 Å². The standard InChI is InChI=1S/C19H17N3O/c1-23-18-9-5-2-6-13(18)11-20-19-10-15-14-7-3-4-8-16(14)22-17(15)12-21-19/h2-10,12,22H,11H2,1H3,(H,20,21). The fourth-order valence-corrected chi connectivity index (χ4v) is 2.88. The zero-order chi connectivity index (χ0) is 15.6. The highest BCUT2D eigenvalue weighted by Crippen LogP contribution is 2.26. The lowest BCUT2D eigenvalue weighted by Gasteiger charge is -2.09. The van der Waals surface area contributed by atoms with Crippen molar-refractivity contribution in [3.63, 3.8) is 0 Å². The number of hydrogen-bond acceptors (Lipinski definition) is 3.